The lowest BCUT2D eigenvalue weighted by atomic mass is 9.93. The monoisotopic (exact) mass is 359 g/mol. The number of aromatic nitrogens is 1. The van der Waals surface area contributed by atoms with Crippen LogP contribution in [0.2, 0.25) is 0 Å². The Morgan fingerprint density at radius 3 is 2.72 bits per heavy atom. The lowest BCUT2D eigenvalue weighted by Gasteiger charge is -2.32. The quantitative estimate of drug-likeness (QED) is 0.843. The third-order valence-corrected chi connectivity index (χ3v) is 3.97. The van der Waals surface area contributed by atoms with E-state index < -0.39 is 12.8 Å². The van der Waals surface area contributed by atoms with Crippen molar-refractivity contribution in [1.82, 2.24) is 9.88 Å². The van der Waals surface area contributed by atoms with Crippen molar-refractivity contribution < 1.29 is 27.5 Å². The Hall–Kier alpha value is -2.32. The molecule has 2 heterocycles. The van der Waals surface area contributed by atoms with Gasteiger partial charge >= 0.3 is 6.18 Å². The van der Waals surface area contributed by atoms with E-state index in [2.05, 4.69) is 9.72 Å². The number of halogens is 3. The zero-order valence-electron chi connectivity index (χ0n) is 13.6. The van der Waals surface area contributed by atoms with Gasteiger partial charge in [-0.3, -0.25) is 9.59 Å². The fourth-order valence-corrected chi connectivity index (χ4v) is 2.76. The molecule has 1 unspecified atom stereocenters. The van der Waals surface area contributed by atoms with Crippen molar-refractivity contribution in [2.75, 3.05) is 19.7 Å². The number of nitrogens with two attached hydrogens (primary N) is 1. The maximum Gasteiger partial charge on any atom is 0.422 e. The number of nitrogens with zero attached hydrogens (tertiary/aromatic N) is 2. The van der Waals surface area contributed by atoms with Crippen LogP contribution in [0, 0.1) is 5.92 Å². The molecule has 1 saturated heterocycles. The molecule has 1 fully saturated rings. The fraction of sp³-hybridized carbons (Fsp3) is 0.562. The summed E-state index contributed by atoms with van der Waals surface area (Å²) in [6, 6.07) is 2.64. The molecule has 1 atom stereocenters. The number of likely N-dealkylation sites (tertiary alicyclic amines) is 1. The van der Waals surface area contributed by atoms with E-state index in [1.54, 1.807) is 4.90 Å². The number of ether oxygens (including phenoxy) is 1. The lowest BCUT2D eigenvalue weighted by molar-refractivity contribution is -0.154. The fourth-order valence-electron chi connectivity index (χ4n) is 2.76. The van der Waals surface area contributed by atoms with E-state index in [-0.39, 0.29) is 29.2 Å². The van der Waals surface area contributed by atoms with Crippen LogP contribution in [0.25, 0.3) is 0 Å². The van der Waals surface area contributed by atoms with Gasteiger partial charge in [0.1, 0.15) is 0 Å². The van der Waals surface area contributed by atoms with Crippen LogP contribution in [0.15, 0.2) is 18.3 Å². The Bertz CT molecular complexity index is 605. The summed E-state index contributed by atoms with van der Waals surface area (Å²) >= 11 is 0. The molecule has 1 aliphatic heterocycles. The van der Waals surface area contributed by atoms with E-state index in [1.807, 2.05) is 0 Å². The van der Waals surface area contributed by atoms with Crippen LogP contribution in [-0.2, 0) is 4.79 Å². The van der Waals surface area contributed by atoms with Crippen molar-refractivity contribution in [1.29, 1.82) is 0 Å². The molecule has 0 spiro atoms. The number of amides is 2. The molecule has 138 valence electrons. The molecular formula is C16H20F3N3O3. The number of primary amides is 1. The van der Waals surface area contributed by atoms with Crippen LogP contribution >= 0.6 is 0 Å². The van der Waals surface area contributed by atoms with Crippen LogP contribution in [0.1, 0.15) is 36.0 Å². The van der Waals surface area contributed by atoms with Gasteiger partial charge in [0.25, 0.3) is 5.91 Å². The van der Waals surface area contributed by atoms with Gasteiger partial charge in [0.05, 0.1) is 5.56 Å². The minimum atomic E-state index is -4.44. The molecule has 0 radical (unpaired) electrons. The van der Waals surface area contributed by atoms with E-state index in [0.717, 1.165) is 12.8 Å². The molecule has 0 aliphatic carbocycles. The summed E-state index contributed by atoms with van der Waals surface area (Å²) in [5, 5.41) is 0. The SMILES string of the molecule is NC(=O)CCC1CCCN(C(=O)c2ccc(OCC(F)(F)F)nc2)C1. The summed E-state index contributed by atoms with van der Waals surface area (Å²) in [5.74, 6) is -0.569. The number of hydrogen-bond donors (Lipinski definition) is 1. The molecule has 1 aromatic rings. The average Bonchev–Trinajstić information content (AvgIpc) is 2.57. The smallest absolute Gasteiger partial charge is 0.422 e. The zero-order chi connectivity index (χ0) is 18.4. The summed E-state index contributed by atoms with van der Waals surface area (Å²) in [4.78, 5) is 28.8. The van der Waals surface area contributed by atoms with Crippen molar-refractivity contribution >= 4 is 11.8 Å². The van der Waals surface area contributed by atoms with E-state index in [4.69, 9.17) is 5.73 Å². The number of carbonyl (C=O) groups excluding carboxylic acids is 2. The molecule has 1 aliphatic rings. The first-order valence-electron chi connectivity index (χ1n) is 7.98. The van der Waals surface area contributed by atoms with E-state index in [0.29, 0.717) is 25.9 Å². The maximum atomic E-state index is 12.5. The number of pyridine rings is 1. The molecule has 25 heavy (non-hydrogen) atoms. The van der Waals surface area contributed by atoms with E-state index in [1.165, 1.54) is 18.3 Å². The topological polar surface area (TPSA) is 85.5 Å². The molecule has 9 heteroatoms. The van der Waals surface area contributed by atoms with Crippen LogP contribution in [-0.4, -0.2) is 47.6 Å². The largest absolute Gasteiger partial charge is 0.468 e. The second kappa shape index (κ2) is 8.17. The van der Waals surface area contributed by atoms with Gasteiger partial charge in [-0.05, 0) is 31.2 Å². The first-order chi connectivity index (χ1) is 11.7. The standard InChI is InChI=1S/C16H20F3N3O3/c17-16(18,19)10-25-14-6-4-12(8-21-14)15(24)22-7-1-2-11(9-22)3-5-13(20)23/h4,6,8,11H,1-3,5,7,9-10H2,(H2,20,23). The predicted octanol–water partition coefficient (Wildman–Crippen LogP) is 2.14. The molecule has 2 N–H and O–H groups in total. The predicted molar refractivity (Wildman–Crippen MR) is 82.8 cm³/mol. The van der Waals surface area contributed by atoms with Gasteiger partial charge in [0.2, 0.25) is 11.8 Å². The molecule has 2 rings (SSSR count). The van der Waals surface area contributed by atoms with Crippen LogP contribution in [0.5, 0.6) is 5.88 Å². The third-order valence-electron chi connectivity index (χ3n) is 3.97. The average molecular weight is 359 g/mol. The minimum Gasteiger partial charge on any atom is -0.468 e. The first-order valence-corrected chi connectivity index (χ1v) is 7.98. The molecule has 1 aromatic heterocycles. The molecule has 6 nitrogen and oxygen atoms in total. The Morgan fingerprint density at radius 2 is 2.12 bits per heavy atom. The Labute approximate surface area is 143 Å². The van der Waals surface area contributed by atoms with Gasteiger partial charge < -0.3 is 15.4 Å². The van der Waals surface area contributed by atoms with Crippen molar-refractivity contribution in [2.45, 2.75) is 31.9 Å². The van der Waals surface area contributed by atoms with Crippen molar-refractivity contribution in [3.8, 4) is 5.88 Å². The highest BCUT2D eigenvalue weighted by atomic mass is 19.4. The third kappa shape index (κ3) is 6.24. The molecule has 2 amide bonds. The van der Waals surface area contributed by atoms with Crippen molar-refractivity contribution in [3.63, 3.8) is 0 Å². The van der Waals surface area contributed by atoms with Crippen molar-refractivity contribution in [3.05, 3.63) is 23.9 Å². The van der Waals surface area contributed by atoms with Gasteiger partial charge in [-0.25, -0.2) is 4.98 Å². The lowest BCUT2D eigenvalue weighted by Crippen LogP contribution is -2.40. The number of alkyl halides is 3. The molecule has 0 saturated carbocycles. The Morgan fingerprint density at radius 1 is 1.36 bits per heavy atom. The van der Waals surface area contributed by atoms with Crippen LogP contribution in [0.4, 0.5) is 13.2 Å². The molecule has 0 aromatic carbocycles. The maximum absolute atomic E-state index is 12.5. The minimum absolute atomic E-state index is 0.188. The summed E-state index contributed by atoms with van der Waals surface area (Å²) in [6.45, 7) is -0.308. The first kappa shape index (κ1) is 19.0. The van der Waals surface area contributed by atoms with Gasteiger partial charge in [-0.2, -0.15) is 13.2 Å². The van der Waals surface area contributed by atoms with Gasteiger partial charge in [0, 0.05) is 31.8 Å². The Kier molecular flexibility index (Phi) is 6.22. The highest BCUT2D eigenvalue weighted by Crippen LogP contribution is 2.23. The van der Waals surface area contributed by atoms with Gasteiger partial charge in [-0.15, -0.1) is 0 Å². The second-order valence-corrected chi connectivity index (χ2v) is 6.05. The number of rotatable bonds is 6. The normalized spacial score (nSPS) is 18.0. The van der Waals surface area contributed by atoms with E-state index in [9.17, 15) is 22.8 Å². The summed E-state index contributed by atoms with van der Waals surface area (Å²) in [5.41, 5.74) is 5.44. The zero-order valence-corrected chi connectivity index (χ0v) is 13.6. The number of hydrogen-bond acceptors (Lipinski definition) is 4. The number of carbonyl (C=O) groups is 2. The Balaban J connectivity index is 1.92. The van der Waals surface area contributed by atoms with E-state index >= 15 is 0 Å². The molecule has 0 bridgehead atoms. The van der Waals surface area contributed by atoms with Crippen LogP contribution in [0.3, 0.4) is 0 Å². The summed E-state index contributed by atoms with van der Waals surface area (Å²) in [6.07, 6.45) is -0.541. The number of piperidine rings is 1. The highest BCUT2D eigenvalue weighted by molar-refractivity contribution is 5.94. The van der Waals surface area contributed by atoms with Crippen LogP contribution < -0.4 is 10.5 Å². The summed E-state index contributed by atoms with van der Waals surface area (Å²) < 4.78 is 40.8. The summed E-state index contributed by atoms with van der Waals surface area (Å²) in [7, 11) is 0. The second-order valence-electron chi connectivity index (χ2n) is 6.05. The van der Waals surface area contributed by atoms with Gasteiger partial charge in [0.15, 0.2) is 6.61 Å². The molecular weight excluding hydrogens is 339 g/mol. The van der Waals surface area contributed by atoms with Gasteiger partial charge in [-0.1, -0.05) is 0 Å². The highest BCUT2D eigenvalue weighted by Gasteiger charge is 2.29. The van der Waals surface area contributed by atoms with Crippen molar-refractivity contribution in [2.24, 2.45) is 11.7 Å².